The molecule has 0 aromatic carbocycles. The summed E-state index contributed by atoms with van der Waals surface area (Å²) in [5, 5.41) is 1.90. The van der Waals surface area contributed by atoms with Crippen molar-refractivity contribution in [2.24, 2.45) is 0 Å². The van der Waals surface area contributed by atoms with E-state index in [-0.39, 0.29) is 18.8 Å². The Hall–Kier alpha value is -2.05. The number of hydrogen-bond donors (Lipinski definition) is 1. The molecule has 0 atom stereocenters. The van der Waals surface area contributed by atoms with E-state index in [0.717, 1.165) is 6.26 Å². The third-order valence-electron chi connectivity index (χ3n) is 1.75. The van der Waals surface area contributed by atoms with E-state index >= 15 is 0 Å². The molecule has 0 aromatic rings. The molecule has 0 saturated carbocycles. The highest BCUT2D eigenvalue weighted by Crippen LogP contribution is 2.01. The molecule has 7 heteroatoms. The van der Waals surface area contributed by atoms with Crippen molar-refractivity contribution in [1.82, 2.24) is 5.32 Å². The van der Waals surface area contributed by atoms with Gasteiger partial charge >= 0.3 is 12.1 Å². The van der Waals surface area contributed by atoms with Crippen molar-refractivity contribution in [3.8, 4) is 0 Å². The van der Waals surface area contributed by atoms with Crippen molar-refractivity contribution in [2.45, 2.75) is 27.2 Å². The van der Waals surface area contributed by atoms with Gasteiger partial charge in [-0.15, -0.1) is 0 Å². The number of carbonyl (C=O) groups is 3. The van der Waals surface area contributed by atoms with E-state index in [2.05, 4.69) is 4.74 Å². The van der Waals surface area contributed by atoms with E-state index < -0.39 is 18.0 Å². The largest absolute Gasteiger partial charge is 0.500 e. The van der Waals surface area contributed by atoms with Crippen molar-refractivity contribution >= 4 is 18.0 Å². The molecule has 0 unspecified atom stereocenters. The molecule has 0 heterocycles. The van der Waals surface area contributed by atoms with Crippen LogP contribution in [0.4, 0.5) is 4.79 Å². The Labute approximate surface area is 111 Å². The number of hydrogen-bond acceptors (Lipinski definition) is 6. The molecule has 0 saturated heterocycles. The van der Waals surface area contributed by atoms with Gasteiger partial charge in [-0.1, -0.05) is 6.92 Å². The molecule has 0 spiro atoms. The van der Waals surface area contributed by atoms with E-state index in [4.69, 9.17) is 9.47 Å². The molecule has 0 aromatic heterocycles. The van der Waals surface area contributed by atoms with Gasteiger partial charge in [0.05, 0.1) is 19.8 Å². The molecule has 19 heavy (non-hydrogen) atoms. The van der Waals surface area contributed by atoms with Gasteiger partial charge in [0.25, 0.3) is 5.91 Å². The van der Waals surface area contributed by atoms with Gasteiger partial charge < -0.3 is 14.2 Å². The standard InChI is InChI=1S/C12H19NO6/c1-4-7-17-8-9(11(15)18-5-2)10(14)13-12(16)19-6-3/h8H,4-7H2,1-3H3,(H,13,14,16)/b9-8+. The predicted molar refractivity (Wildman–Crippen MR) is 66.1 cm³/mol. The highest BCUT2D eigenvalue weighted by atomic mass is 16.6. The monoisotopic (exact) mass is 273 g/mol. The van der Waals surface area contributed by atoms with Crippen LogP contribution in [0.15, 0.2) is 11.8 Å². The minimum absolute atomic E-state index is 0.108. The predicted octanol–water partition coefficient (Wildman–Crippen LogP) is 1.13. The molecule has 108 valence electrons. The van der Waals surface area contributed by atoms with Gasteiger partial charge in [-0.2, -0.15) is 0 Å². The van der Waals surface area contributed by atoms with E-state index in [1.165, 1.54) is 0 Å². The number of nitrogens with one attached hydrogen (secondary N) is 1. The van der Waals surface area contributed by atoms with Crippen LogP contribution in [-0.2, 0) is 23.8 Å². The highest BCUT2D eigenvalue weighted by molar-refractivity contribution is 6.19. The zero-order valence-corrected chi connectivity index (χ0v) is 11.4. The smallest absolute Gasteiger partial charge is 0.414 e. The number of ether oxygens (including phenoxy) is 3. The highest BCUT2D eigenvalue weighted by Gasteiger charge is 2.22. The fourth-order valence-corrected chi connectivity index (χ4v) is 0.990. The molecule has 1 N–H and O–H groups in total. The molecule has 7 nitrogen and oxygen atoms in total. The van der Waals surface area contributed by atoms with Gasteiger partial charge in [0.2, 0.25) is 0 Å². The lowest BCUT2D eigenvalue weighted by atomic mass is 10.3. The lowest BCUT2D eigenvalue weighted by Gasteiger charge is -2.07. The molecule has 0 aliphatic heterocycles. The third kappa shape index (κ3) is 7.07. The first kappa shape index (κ1) is 16.9. The van der Waals surface area contributed by atoms with Crippen LogP contribution in [0.1, 0.15) is 27.2 Å². The maximum Gasteiger partial charge on any atom is 0.414 e. The van der Waals surface area contributed by atoms with Crippen LogP contribution < -0.4 is 5.32 Å². The summed E-state index contributed by atoms with van der Waals surface area (Å²) < 4.78 is 14.2. The van der Waals surface area contributed by atoms with Crippen LogP contribution in [0.2, 0.25) is 0 Å². The summed E-state index contributed by atoms with van der Waals surface area (Å²) in [6.07, 6.45) is 0.764. The number of alkyl carbamates (subject to hydrolysis) is 1. The number of amides is 2. The molecule has 0 aliphatic carbocycles. The van der Waals surface area contributed by atoms with Gasteiger partial charge in [0.15, 0.2) is 5.57 Å². The molecule has 2 amide bonds. The minimum atomic E-state index is -0.932. The minimum Gasteiger partial charge on any atom is -0.500 e. The molecular weight excluding hydrogens is 254 g/mol. The summed E-state index contributed by atoms with van der Waals surface area (Å²) in [5.74, 6) is -1.78. The second kappa shape index (κ2) is 9.93. The molecule has 0 bridgehead atoms. The Morgan fingerprint density at radius 2 is 1.68 bits per heavy atom. The molecule has 0 aliphatic rings. The van der Waals surface area contributed by atoms with Gasteiger partial charge in [-0.3, -0.25) is 10.1 Å². The summed E-state index contributed by atoms with van der Waals surface area (Å²) in [6.45, 7) is 5.63. The lowest BCUT2D eigenvalue weighted by Crippen LogP contribution is -2.35. The summed E-state index contributed by atoms with van der Waals surface area (Å²) in [4.78, 5) is 34.3. The van der Waals surface area contributed by atoms with Gasteiger partial charge in [0.1, 0.15) is 6.26 Å². The molecule has 0 rings (SSSR count). The van der Waals surface area contributed by atoms with E-state index in [0.29, 0.717) is 13.0 Å². The average molecular weight is 273 g/mol. The first-order valence-corrected chi connectivity index (χ1v) is 6.03. The fraction of sp³-hybridized carbons (Fsp3) is 0.583. The second-order valence-electron chi connectivity index (χ2n) is 3.30. The Balaban J connectivity index is 4.72. The first-order chi connectivity index (χ1) is 9.06. The van der Waals surface area contributed by atoms with E-state index in [1.807, 2.05) is 12.2 Å². The zero-order valence-electron chi connectivity index (χ0n) is 11.4. The number of rotatable bonds is 7. The maximum atomic E-state index is 11.7. The molecule has 0 fully saturated rings. The van der Waals surface area contributed by atoms with Crippen LogP contribution in [0.25, 0.3) is 0 Å². The van der Waals surface area contributed by atoms with Crippen LogP contribution in [-0.4, -0.2) is 37.8 Å². The molecular formula is C12H19NO6. The SMILES string of the molecule is CCCO/C=C(\C(=O)NC(=O)OCC)C(=O)OCC. The molecule has 0 radical (unpaired) electrons. The Bertz CT molecular complexity index is 350. The Morgan fingerprint density at radius 1 is 1.05 bits per heavy atom. The van der Waals surface area contributed by atoms with Gasteiger partial charge in [-0.25, -0.2) is 9.59 Å². The number of carbonyl (C=O) groups excluding carboxylic acids is 3. The summed E-state index contributed by atoms with van der Waals surface area (Å²) in [6, 6.07) is 0. The van der Waals surface area contributed by atoms with Gasteiger partial charge in [-0.05, 0) is 20.3 Å². The van der Waals surface area contributed by atoms with Crippen LogP contribution in [0.3, 0.4) is 0 Å². The zero-order chi connectivity index (χ0) is 14.7. The second-order valence-corrected chi connectivity index (χ2v) is 3.30. The Kier molecular flexibility index (Phi) is 8.86. The third-order valence-corrected chi connectivity index (χ3v) is 1.75. The number of imide groups is 1. The van der Waals surface area contributed by atoms with Gasteiger partial charge in [0, 0.05) is 0 Å². The number of esters is 1. The van der Waals surface area contributed by atoms with Crippen LogP contribution in [0, 0.1) is 0 Å². The summed E-state index contributed by atoms with van der Waals surface area (Å²) in [7, 11) is 0. The topological polar surface area (TPSA) is 90.9 Å². The summed E-state index contributed by atoms with van der Waals surface area (Å²) >= 11 is 0. The van der Waals surface area contributed by atoms with E-state index in [9.17, 15) is 14.4 Å². The Morgan fingerprint density at radius 3 is 2.21 bits per heavy atom. The lowest BCUT2D eigenvalue weighted by molar-refractivity contribution is -0.140. The van der Waals surface area contributed by atoms with Crippen molar-refractivity contribution in [3.63, 3.8) is 0 Å². The first-order valence-electron chi connectivity index (χ1n) is 6.03. The van der Waals surface area contributed by atoms with E-state index in [1.54, 1.807) is 13.8 Å². The quantitative estimate of drug-likeness (QED) is 0.187. The summed E-state index contributed by atoms with van der Waals surface area (Å²) in [5.41, 5.74) is -0.386. The van der Waals surface area contributed by atoms with Crippen LogP contribution >= 0.6 is 0 Å². The normalized spacial score (nSPS) is 10.6. The average Bonchev–Trinajstić information content (AvgIpc) is 2.34. The fourth-order valence-electron chi connectivity index (χ4n) is 0.990. The van der Waals surface area contributed by atoms with Crippen molar-refractivity contribution in [1.29, 1.82) is 0 Å². The van der Waals surface area contributed by atoms with Crippen molar-refractivity contribution in [2.75, 3.05) is 19.8 Å². The van der Waals surface area contributed by atoms with Crippen LogP contribution in [0.5, 0.6) is 0 Å². The maximum absolute atomic E-state index is 11.7. The van der Waals surface area contributed by atoms with Crippen molar-refractivity contribution in [3.05, 3.63) is 11.8 Å². The van der Waals surface area contributed by atoms with Crippen molar-refractivity contribution < 1.29 is 28.6 Å².